The number of anilines is 1. The van der Waals surface area contributed by atoms with Crippen molar-refractivity contribution in [3.63, 3.8) is 0 Å². The Kier molecular flexibility index (Phi) is 4.74. The van der Waals surface area contributed by atoms with E-state index in [1.54, 1.807) is 6.07 Å². The molecule has 5 heteroatoms. The normalized spacial score (nSPS) is 10.3. The first-order chi connectivity index (χ1) is 9.58. The summed E-state index contributed by atoms with van der Waals surface area (Å²) in [4.78, 5) is 10.4. The van der Waals surface area contributed by atoms with Crippen LogP contribution in [0.2, 0.25) is 0 Å². The second kappa shape index (κ2) is 6.52. The van der Waals surface area contributed by atoms with Gasteiger partial charge in [0.25, 0.3) is 5.69 Å². The van der Waals surface area contributed by atoms with E-state index in [0.717, 1.165) is 17.7 Å². The van der Waals surface area contributed by atoms with Gasteiger partial charge in [-0.25, -0.2) is 0 Å². The van der Waals surface area contributed by atoms with Gasteiger partial charge in [-0.05, 0) is 35.7 Å². The van der Waals surface area contributed by atoms with Crippen molar-refractivity contribution in [1.82, 2.24) is 0 Å². The summed E-state index contributed by atoms with van der Waals surface area (Å²) in [5.41, 5.74) is 3.25. The Hall–Kier alpha value is -1.88. The number of nitro benzene ring substituents is 1. The first-order valence-electron chi connectivity index (χ1n) is 6.35. The molecule has 104 valence electrons. The first-order valence-corrected chi connectivity index (χ1v) is 7.14. The number of hydrogen-bond donors (Lipinski definition) is 1. The Balaban J connectivity index is 2.08. The van der Waals surface area contributed by atoms with E-state index < -0.39 is 0 Å². The van der Waals surface area contributed by atoms with Gasteiger partial charge in [0.15, 0.2) is 0 Å². The van der Waals surface area contributed by atoms with E-state index >= 15 is 0 Å². The molecule has 0 saturated carbocycles. The topological polar surface area (TPSA) is 55.2 Å². The summed E-state index contributed by atoms with van der Waals surface area (Å²) in [6, 6.07) is 13.1. The van der Waals surface area contributed by atoms with Crippen molar-refractivity contribution in [1.29, 1.82) is 0 Å². The summed E-state index contributed by atoms with van der Waals surface area (Å²) in [7, 11) is 0. The fourth-order valence-corrected chi connectivity index (χ4v) is 2.43. The molecule has 0 atom stereocenters. The molecule has 0 fully saturated rings. The van der Waals surface area contributed by atoms with Gasteiger partial charge in [-0.1, -0.05) is 35.0 Å². The Labute approximate surface area is 126 Å². The number of nitrogens with one attached hydrogen (secondary N) is 1. The molecule has 0 amide bonds. The van der Waals surface area contributed by atoms with Crippen LogP contribution in [0.15, 0.2) is 46.9 Å². The van der Waals surface area contributed by atoms with Gasteiger partial charge < -0.3 is 5.32 Å². The van der Waals surface area contributed by atoms with Gasteiger partial charge in [0.2, 0.25) is 0 Å². The molecule has 4 nitrogen and oxygen atoms in total. The maximum absolute atomic E-state index is 10.8. The number of non-ortho nitro benzene ring substituents is 1. The first kappa shape index (κ1) is 14.5. The summed E-state index contributed by atoms with van der Waals surface area (Å²) in [5.74, 6) is 0. The Morgan fingerprint density at radius 3 is 2.45 bits per heavy atom. The zero-order valence-corrected chi connectivity index (χ0v) is 12.7. The molecule has 0 aromatic heterocycles. The Morgan fingerprint density at radius 1 is 1.15 bits per heavy atom. The summed E-state index contributed by atoms with van der Waals surface area (Å²) in [6.07, 6.45) is 1.01. The predicted octanol–water partition coefficient (Wildman–Crippen LogP) is 4.53. The van der Waals surface area contributed by atoms with Crippen LogP contribution in [0.4, 0.5) is 11.4 Å². The molecule has 0 aliphatic carbocycles. The van der Waals surface area contributed by atoms with Crippen LogP contribution < -0.4 is 5.32 Å². The molecule has 0 spiro atoms. The minimum absolute atomic E-state index is 0.0949. The minimum Gasteiger partial charge on any atom is -0.381 e. The molecular weight excluding hydrogens is 320 g/mol. The zero-order valence-electron chi connectivity index (χ0n) is 11.1. The molecule has 2 aromatic carbocycles. The van der Waals surface area contributed by atoms with E-state index in [4.69, 9.17) is 0 Å². The van der Waals surface area contributed by atoms with E-state index in [9.17, 15) is 10.1 Å². The molecular formula is C15H15BrN2O2. The van der Waals surface area contributed by atoms with Gasteiger partial charge in [0.1, 0.15) is 0 Å². The number of aryl methyl sites for hydroxylation is 1. The van der Waals surface area contributed by atoms with Gasteiger partial charge in [0.05, 0.1) is 4.92 Å². The molecule has 1 N–H and O–H groups in total. The Bertz CT molecular complexity index is 612. The second-order valence-corrected chi connectivity index (χ2v) is 5.39. The van der Waals surface area contributed by atoms with Crippen LogP contribution in [0, 0.1) is 10.1 Å². The number of rotatable bonds is 5. The lowest BCUT2D eigenvalue weighted by Crippen LogP contribution is -2.00. The highest BCUT2D eigenvalue weighted by atomic mass is 79.9. The average Bonchev–Trinajstić information content (AvgIpc) is 2.45. The van der Waals surface area contributed by atoms with E-state index in [2.05, 4.69) is 40.3 Å². The van der Waals surface area contributed by atoms with Crippen molar-refractivity contribution >= 4 is 27.3 Å². The number of benzene rings is 2. The highest BCUT2D eigenvalue weighted by Crippen LogP contribution is 2.22. The number of nitrogens with zero attached hydrogens (tertiary/aromatic N) is 1. The van der Waals surface area contributed by atoms with Crippen molar-refractivity contribution < 1.29 is 4.92 Å². The van der Waals surface area contributed by atoms with Crippen LogP contribution in [0.1, 0.15) is 18.1 Å². The molecule has 0 heterocycles. The zero-order chi connectivity index (χ0) is 14.5. The molecule has 2 rings (SSSR count). The van der Waals surface area contributed by atoms with Gasteiger partial charge in [-0.15, -0.1) is 0 Å². The van der Waals surface area contributed by atoms with E-state index in [1.165, 1.54) is 11.6 Å². The number of hydrogen-bond acceptors (Lipinski definition) is 3. The van der Waals surface area contributed by atoms with E-state index in [-0.39, 0.29) is 10.6 Å². The highest BCUT2D eigenvalue weighted by molar-refractivity contribution is 9.10. The SMILES string of the molecule is CCc1ccc(NCc2cc(Br)cc([N+](=O)[O-])c2)cc1. The Morgan fingerprint density at radius 2 is 1.85 bits per heavy atom. The van der Waals surface area contributed by atoms with Crippen molar-refractivity contribution in [3.05, 3.63) is 68.2 Å². The van der Waals surface area contributed by atoms with Crippen LogP contribution in [0.5, 0.6) is 0 Å². The predicted molar refractivity (Wildman–Crippen MR) is 83.9 cm³/mol. The molecule has 0 aliphatic heterocycles. The molecule has 0 radical (unpaired) electrons. The molecule has 0 unspecified atom stereocenters. The van der Waals surface area contributed by atoms with Crippen LogP contribution in [0.3, 0.4) is 0 Å². The third-order valence-electron chi connectivity index (χ3n) is 3.01. The molecule has 0 aliphatic rings. The fourth-order valence-electron chi connectivity index (χ4n) is 1.90. The van der Waals surface area contributed by atoms with Crippen molar-refractivity contribution in [2.75, 3.05) is 5.32 Å². The maximum atomic E-state index is 10.8. The van der Waals surface area contributed by atoms with Gasteiger partial charge >= 0.3 is 0 Å². The summed E-state index contributed by atoms with van der Waals surface area (Å²) < 4.78 is 0.713. The monoisotopic (exact) mass is 334 g/mol. The van der Waals surface area contributed by atoms with Gasteiger partial charge in [-0.2, -0.15) is 0 Å². The van der Waals surface area contributed by atoms with Gasteiger partial charge in [-0.3, -0.25) is 10.1 Å². The standard InChI is InChI=1S/C15H15BrN2O2/c1-2-11-3-5-14(6-4-11)17-10-12-7-13(16)9-15(8-12)18(19)20/h3-9,17H,2,10H2,1H3. The summed E-state index contributed by atoms with van der Waals surface area (Å²) in [5, 5.41) is 14.1. The lowest BCUT2D eigenvalue weighted by atomic mass is 10.1. The van der Waals surface area contributed by atoms with Crippen LogP contribution in [0.25, 0.3) is 0 Å². The van der Waals surface area contributed by atoms with E-state index in [1.807, 2.05) is 18.2 Å². The summed E-state index contributed by atoms with van der Waals surface area (Å²) in [6.45, 7) is 2.66. The molecule has 2 aromatic rings. The molecule has 0 bridgehead atoms. The third-order valence-corrected chi connectivity index (χ3v) is 3.47. The molecule has 20 heavy (non-hydrogen) atoms. The highest BCUT2D eigenvalue weighted by Gasteiger charge is 2.08. The van der Waals surface area contributed by atoms with Crippen molar-refractivity contribution in [3.8, 4) is 0 Å². The maximum Gasteiger partial charge on any atom is 0.270 e. The minimum atomic E-state index is -0.385. The van der Waals surface area contributed by atoms with Crippen LogP contribution >= 0.6 is 15.9 Å². The van der Waals surface area contributed by atoms with Crippen LogP contribution in [-0.4, -0.2) is 4.92 Å². The quantitative estimate of drug-likeness (QED) is 0.645. The molecule has 0 saturated heterocycles. The smallest absolute Gasteiger partial charge is 0.270 e. The largest absolute Gasteiger partial charge is 0.381 e. The van der Waals surface area contributed by atoms with Crippen molar-refractivity contribution in [2.45, 2.75) is 19.9 Å². The van der Waals surface area contributed by atoms with Crippen molar-refractivity contribution in [2.24, 2.45) is 0 Å². The lowest BCUT2D eigenvalue weighted by Gasteiger charge is -2.08. The second-order valence-electron chi connectivity index (χ2n) is 4.48. The number of halogens is 1. The number of nitro groups is 1. The van der Waals surface area contributed by atoms with E-state index in [0.29, 0.717) is 11.0 Å². The summed E-state index contributed by atoms with van der Waals surface area (Å²) >= 11 is 3.29. The third kappa shape index (κ3) is 3.81. The van der Waals surface area contributed by atoms with Crippen LogP contribution in [-0.2, 0) is 13.0 Å². The average molecular weight is 335 g/mol. The van der Waals surface area contributed by atoms with Gasteiger partial charge in [0, 0.05) is 28.8 Å². The fraction of sp³-hybridized carbons (Fsp3) is 0.200. The lowest BCUT2D eigenvalue weighted by molar-refractivity contribution is -0.385.